The molecule has 3 heterocycles. The Labute approximate surface area is 231 Å². The highest BCUT2D eigenvalue weighted by molar-refractivity contribution is 9.10. The average Bonchev–Trinajstić information content (AvgIpc) is 3.48. The number of aliphatic carboxylic acids is 1. The Morgan fingerprint density at radius 3 is 2.84 bits per heavy atom. The number of likely N-dealkylation sites (tertiary alicyclic amines) is 1. The third kappa shape index (κ3) is 6.63. The number of benzene rings is 1. The van der Waals surface area contributed by atoms with Crippen molar-refractivity contribution in [2.45, 2.75) is 31.6 Å². The topological polar surface area (TPSA) is 107 Å². The van der Waals surface area contributed by atoms with Crippen LogP contribution in [0.15, 0.2) is 50.5 Å². The number of esters is 1. The molecule has 3 atom stereocenters. The van der Waals surface area contributed by atoms with Gasteiger partial charge in [0.1, 0.15) is 18.0 Å². The van der Waals surface area contributed by atoms with Gasteiger partial charge in [-0.05, 0) is 38.1 Å². The number of carbonyl (C=O) groups is 2. The van der Waals surface area contributed by atoms with Gasteiger partial charge in [-0.2, -0.15) is 0 Å². The molecule has 2 unspecified atom stereocenters. The Kier molecular flexibility index (Phi) is 9.23. The van der Waals surface area contributed by atoms with Gasteiger partial charge in [0, 0.05) is 47.4 Å². The number of aliphatic imine (C=N–C) groups is 1. The maximum Gasteiger partial charge on any atom is 0.338 e. The summed E-state index contributed by atoms with van der Waals surface area (Å²) in [6, 6.07) is 3.06. The lowest BCUT2D eigenvalue weighted by Gasteiger charge is -2.32. The number of hydrogen-bond acceptors (Lipinski definition) is 9. The van der Waals surface area contributed by atoms with E-state index in [9.17, 15) is 18.4 Å². The second-order valence-corrected chi connectivity index (χ2v) is 10.9. The Bertz CT molecular complexity index is 1240. The highest BCUT2D eigenvalue weighted by Crippen LogP contribution is 2.37. The van der Waals surface area contributed by atoms with Crippen LogP contribution < -0.4 is 5.32 Å². The predicted molar refractivity (Wildman–Crippen MR) is 142 cm³/mol. The maximum atomic E-state index is 14.6. The van der Waals surface area contributed by atoms with Gasteiger partial charge >= 0.3 is 11.9 Å². The molecule has 2 aliphatic rings. The number of hydrogen-bond donors (Lipinski definition) is 2. The van der Waals surface area contributed by atoms with Gasteiger partial charge in [-0.1, -0.05) is 22.0 Å². The third-order valence-electron chi connectivity index (χ3n) is 6.28. The van der Waals surface area contributed by atoms with Crippen LogP contribution in [0.25, 0.3) is 0 Å². The third-order valence-corrected chi connectivity index (χ3v) is 7.75. The van der Waals surface area contributed by atoms with Crippen LogP contribution in [-0.4, -0.2) is 89.7 Å². The van der Waals surface area contributed by atoms with E-state index < -0.39 is 30.0 Å². The number of amidine groups is 1. The van der Waals surface area contributed by atoms with Crippen molar-refractivity contribution in [1.29, 1.82) is 0 Å². The van der Waals surface area contributed by atoms with Gasteiger partial charge < -0.3 is 15.2 Å². The summed E-state index contributed by atoms with van der Waals surface area (Å²) >= 11 is 4.77. The molecule has 2 aromatic rings. The van der Waals surface area contributed by atoms with Crippen molar-refractivity contribution in [2.75, 3.05) is 39.8 Å². The average molecular weight is 612 g/mol. The molecule has 204 valence electrons. The fraction of sp³-hybridized carbons (Fsp3) is 0.440. The molecule has 2 N–H and O–H groups in total. The smallest absolute Gasteiger partial charge is 0.338 e. The number of carboxylic acids is 1. The number of ether oxygens (including phenoxy) is 1. The number of halogens is 3. The molecule has 2 aliphatic heterocycles. The number of aromatic nitrogens is 1. The van der Waals surface area contributed by atoms with Crippen molar-refractivity contribution in [1.82, 2.24) is 20.1 Å². The summed E-state index contributed by atoms with van der Waals surface area (Å²) in [5.74, 6) is -1.57. The molecule has 0 aliphatic carbocycles. The maximum absolute atomic E-state index is 14.6. The minimum Gasteiger partial charge on any atom is -0.480 e. The van der Waals surface area contributed by atoms with Crippen molar-refractivity contribution in [2.24, 2.45) is 4.99 Å². The summed E-state index contributed by atoms with van der Waals surface area (Å²) in [6.45, 7) is 2.30. The minimum atomic E-state index is -1.09. The van der Waals surface area contributed by atoms with Gasteiger partial charge in [-0.15, -0.1) is 11.3 Å². The quantitative estimate of drug-likeness (QED) is 0.394. The zero-order valence-electron chi connectivity index (χ0n) is 20.9. The fourth-order valence-electron chi connectivity index (χ4n) is 4.73. The largest absolute Gasteiger partial charge is 0.480 e. The Balaban J connectivity index is 1.75. The van der Waals surface area contributed by atoms with Gasteiger partial charge in [0.2, 0.25) is 0 Å². The van der Waals surface area contributed by atoms with Crippen LogP contribution in [0.5, 0.6) is 0 Å². The highest BCUT2D eigenvalue weighted by Gasteiger charge is 2.38. The lowest BCUT2D eigenvalue weighted by atomic mass is 9.95. The number of rotatable bonds is 10. The molecule has 1 aromatic heterocycles. The van der Waals surface area contributed by atoms with Crippen LogP contribution in [0.3, 0.4) is 0 Å². The van der Waals surface area contributed by atoms with E-state index in [4.69, 9.17) is 14.8 Å². The number of thiazole rings is 1. The minimum absolute atomic E-state index is 0.126. The summed E-state index contributed by atoms with van der Waals surface area (Å²) in [6.07, 6.45) is 0.786. The van der Waals surface area contributed by atoms with Crippen LogP contribution >= 0.6 is 27.3 Å². The van der Waals surface area contributed by atoms with E-state index in [0.29, 0.717) is 33.1 Å². The van der Waals surface area contributed by atoms with E-state index in [0.717, 1.165) is 0 Å². The summed E-state index contributed by atoms with van der Waals surface area (Å²) in [5, 5.41) is 14.8. The van der Waals surface area contributed by atoms with E-state index in [1.165, 1.54) is 23.5 Å². The first-order chi connectivity index (χ1) is 18.2. The molecule has 1 fully saturated rings. The molecule has 1 saturated heterocycles. The van der Waals surface area contributed by atoms with Crippen molar-refractivity contribution < 1.29 is 28.2 Å². The van der Waals surface area contributed by atoms with E-state index in [2.05, 4.69) is 26.2 Å². The molecular weight excluding hydrogens is 584 g/mol. The Hall–Kier alpha value is -2.74. The Morgan fingerprint density at radius 2 is 2.18 bits per heavy atom. The zero-order chi connectivity index (χ0) is 27.4. The van der Waals surface area contributed by atoms with Crippen LogP contribution in [0, 0.1) is 5.82 Å². The molecule has 4 rings (SSSR count). The van der Waals surface area contributed by atoms with Crippen LogP contribution in [0.4, 0.5) is 8.78 Å². The van der Waals surface area contributed by atoms with Crippen LogP contribution in [0.1, 0.15) is 30.0 Å². The van der Waals surface area contributed by atoms with E-state index in [1.807, 2.05) is 4.90 Å². The van der Waals surface area contributed by atoms with Crippen molar-refractivity contribution in [3.8, 4) is 0 Å². The number of carbonyl (C=O) groups excluding carboxylic acids is 1. The Morgan fingerprint density at radius 1 is 1.39 bits per heavy atom. The molecule has 0 amide bonds. The van der Waals surface area contributed by atoms with E-state index >= 15 is 0 Å². The molecule has 0 radical (unpaired) electrons. The van der Waals surface area contributed by atoms with Crippen molar-refractivity contribution >= 4 is 45.0 Å². The second kappa shape index (κ2) is 12.4. The SMILES string of the molecule is CCOC(=O)C1=C(CN2CC(F)CC2CN(C)CC(=O)O)NC(c2nccs2)=N[C@H]1c1ccc(F)cc1Br. The molecule has 0 bridgehead atoms. The lowest BCUT2D eigenvalue weighted by Crippen LogP contribution is -2.44. The van der Waals surface area contributed by atoms with Gasteiger partial charge in [-0.25, -0.2) is 18.6 Å². The van der Waals surface area contributed by atoms with Crippen LogP contribution in [-0.2, 0) is 14.3 Å². The van der Waals surface area contributed by atoms with Gasteiger partial charge in [-0.3, -0.25) is 19.6 Å². The standard InChI is InChI=1S/C25H28BrF2N5O4S/c1-3-37-25(36)21-19(12-33-10-15(28)8-16(33)11-32(2)13-20(34)35)30-23(24-29-6-7-38-24)31-22(21)17-5-4-14(27)9-18(17)26/h4-7,9,15-16,22H,3,8,10-13H2,1-2H3,(H,30,31)(H,34,35)/t15?,16?,22-/m0/s1. The first-order valence-corrected chi connectivity index (χ1v) is 13.7. The van der Waals surface area contributed by atoms with Gasteiger partial charge in [0.15, 0.2) is 10.8 Å². The lowest BCUT2D eigenvalue weighted by molar-refractivity contribution is -0.139. The number of carboxylic acid groups (broad SMARTS) is 1. The van der Waals surface area contributed by atoms with Gasteiger partial charge in [0.25, 0.3) is 0 Å². The molecule has 0 saturated carbocycles. The molecule has 1 aromatic carbocycles. The zero-order valence-corrected chi connectivity index (χ0v) is 23.3. The highest BCUT2D eigenvalue weighted by atomic mass is 79.9. The van der Waals surface area contributed by atoms with E-state index in [-0.39, 0.29) is 44.3 Å². The first-order valence-electron chi connectivity index (χ1n) is 12.0. The van der Waals surface area contributed by atoms with Crippen molar-refractivity contribution in [3.05, 3.63) is 61.9 Å². The molecule has 38 heavy (non-hydrogen) atoms. The monoisotopic (exact) mass is 611 g/mol. The normalized spacial score (nSPS) is 21.9. The molecule has 9 nitrogen and oxygen atoms in total. The number of alkyl halides is 1. The fourth-order valence-corrected chi connectivity index (χ4v) is 5.89. The summed E-state index contributed by atoms with van der Waals surface area (Å²) < 4.78 is 34.4. The summed E-state index contributed by atoms with van der Waals surface area (Å²) in [4.78, 5) is 37.1. The molecular formula is C25H28BrF2N5O4S. The first kappa shape index (κ1) is 28.3. The summed E-state index contributed by atoms with van der Waals surface area (Å²) in [5.41, 5.74) is 1.27. The van der Waals surface area contributed by atoms with Gasteiger partial charge in [0.05, 0.1) is 18.7 Å². The number of nitrogens with one attached hydrogen (secondary N) is 1. The number of nitrogens with zero attached hydrogens (tertiary/aromatic N) is 4. The van der Waals surface area contributed by atoms with E-state index in [1.54, 1.807) is 36.5 Å². The second-order valence-electron chi connectivity index (χ2n) is 9.13. The predicted octanol–water partition coefficient (Wildman–Crippen LogP) is 3.38. The molecule has 0 spiro atoms. The molecule has 13 heteroatoms. The number of likely N-dealkylation sites (N-methyl/N-ethyl adjacent to an activating group) is 1. The summed E-state index contributed by atoms with van der Waals surface area (Å²) in [7, 11) is 1.68. The van der Waals surface area contributed by atoms with Crippen molar-refractivity contribution in [3.63, 3.8) is 0 Å². The van der Waals surface area contributed by atoms with Crippen LogP contribution in [0.2, 0.25) is 0 Å².